The second-order valence-electron chi connectivity index (χ2n) is 14.3. The maximum atomic E-state index is 13.4. The standard InChI is InChI=1S/C36H60N2O9/c1-9-28(40)26(4)33-29(45-33)23-35(5,43)16-10-12-24(2)32-25(3)13-14-30(46-34(42)38-19-11-18-37(7)20-21-38)36(6,44-8)17-15-27(39)22-31(41)47-32/h10,12-14,16,25-30,32-33,39-40,43H,9,11,15,17-23H2,1-8H3/b14-13-,16-10+,24-12+. The summed E-state index contributed by atoms with van der Waals surface area (Å²) < 4.78 is 23.7. The Kier molecular flexibility index (Phi) is 14.5. The lowest BCUT2D eigenvalue weighted by atomic mass is 9.88. The van der Waals surface area contributed by atoms with Crippen LogP contribution in [-0.4, -0.2) is 125 Å². The van der Waals surface area contributed by atoms with Gasteiger partial charge < -0.3 is 44.1 Å². The predicted octanol–water partition coefficient (Wildman–Crippen LogP) is 4.00. The summed E-state index contributed by atoms with van der Waals surface area (Å²) in [6.45, 7) is 14.1. The summed E-state index contributed by atoms with van der Waals surface area (Å²) >= 11 is 0. The fourth-order valence-corrected chi connectivity index (χ4v) is 6.42. The molecule has 0 bridgehead atoms. The van der Waals surface area contributed by atoms with Crippen molar-refractivity contribution in [2.45, 2.75) is 128 Å². The van der Waals surface area contributed by atoms with Crippen LogP contribution in [0, 0.1) is 11.8 Å². The minimum absolute atomic E-state index is 0.00280. The molecular formula is C36H60N2O9. The number of amides is 1. The van der Waals surface area contributed by atoms with Gasteiger partial charge in [0.1, 0.15) is 11.7 Å². The van der Waals surface area contributed by atoms with Crippen LogP contribution in [0.3, 0.4) is 0 Å². The van der Waals surface area contributed by atoms with E-state index in [-0.39, 0.29) is 36.9 Å². The van der Waals surface area contributed by atoms with Gasteiger partial charge in [0, 0.05) is 45.0 Å². The van der Waals surface area contributed by atoms with Gasteiger partial charge in [-0.05, 0) is 71.7 Å². The van der Waals surface area contributed by atoms with Gasteiger partial charge in [-0.25, -0.2) is 4.79 Å². The number of cyclic esters (lactones) is 1. The Morgan fingerprint density at radius 2 is 1.98 bits per heavy atom. The Morgan fingerprint density at radius 3 is 2.66 bits per heavy atom. The first-order valence-electron chi connectivity index (χ1n) is 17.3. The fourth-order valence-electron chi connectivity index (χ4n) is 6.42. The van der Waals surface area contributed by atoms with E-state index in [2.05, 4.69) is 4.90 Å². The molecule has 11 heteroatoms. The van der Waals surface area contributed by atoms with Crippen LogP contribution in [0.5, 0.6) is 0 Å². The van der Waals surface area contributed by atoms with E-state index in [4.69, 9.17) is 18.9 Å². The number of allylic oxidation sites excluding steroid dienone is 2. The molecule has 11 nitrogen and oxygen atoms in total. The molecule has 0 aromatic heterocycles. The number of hydrogen-bond donors (Lipinski definition) is 3. The number of hydrogen-bond acceptors (Lipinski definition) is 10. The lowest BCUT2D eigenvalue weighted by Gasteiger charge is -2.36. The molecule has 0 radical (unpaired) electrons. The Balaban J connectivity index is 1.78. The van der Waals surface area contributed by atoms with Gasteiger partial charge in [0.25, 0.3) is 0 Å². The molecule has 3 heterocycles. The maximum Gasteiger partial charge on any atom is 0.410 e. The smallest absolute Gasteiger partial charge is 0.410 e. The molecule has 10 atom stereocenters. The highest BCUT2D eigenvalue weighted by Gasteiger charge is 2.47. The highest BCUT2D eigenvalue weighted by Crippen LogP contribution is 2.37. The summed E-state index contributed by atoms with van der Waals surface area (Å²) in [7, 11) is 3.60. The van der Waals surface area contributed by atoms with Gasteiger partial charge in [-0.1, -0.05) is 45.1 Å². The molecule has 2 saturated heterocycles. The summed E-state index contributed by atoms with van der Waals surface area (Å²) in [6.07, 6.45) is 7.86. The normalized spacial score (nSPS) is 35.1. The molecule has 0 saturated carbocycles. The van der Waals surface area contributed by atoms with E-state index in [1.807, 2.05) is 47.7 Å². The zero-order chi connectivity index (χ0) is 34.9. The number of esters is 1. The van der Waals surface area contributed by atoms with Crippen LogP contribution in [0.1, 0.15) is 80.1 Å². The van der Waals surface area contributed by atoms with Crippen LogP contribution in [0.25, 0.3) is 0 Å². The minimum Gasteiger partial charge on any atom is -0.457 e. The first-order valence-corrected chi connectivity index (χ1v) is 17.3. The van der Waals surface area contributed by atoms with Crippen molar-refractivity contribution in [3.63, 3.8) is 0 Å². The largest absolute Gasteiger partial charge is 0.457 e. The monoisotopic (exact) mass is 664 g/mol. The molecule has 3 aliphatic heterocycles. The molecule has 2 fully saturated rings. The predicted molar refractivity (Wildman–Crippen MR) is 180 cm³/mol. The maximum absolute atomic E-state index is 13.4. The molecule has 10 unspecified atom stereocenters. The number of likely N-dealkylation sites (N-methyl/N-ethyl adjacent to an activating group) is 1. The highest BCUT2D eigenvalue weighted by molar-refractivity contribution is 5.70. The quantitative estimate of drug-likeness (QED) is 0.136. The Hall–Kier alpha value is -2.28. The molecule has 268 valence electrons. The van der Waals surface area contributed by atoms with E-state index < -0.39 is 47.7 Å². The van der Waals surface area contributed by atoms with Gasteiger partial charge in [-0.2, -0.15) is 0 Å². The number of methoxy groups -OCH3 is 1. The zero-order valence-electron chi connectivity index (χ0n) is 29.8. The Morgan fingerprint density at radius 1 is 1.26 bits per heavy atom. The van der Waals surface area contributed by atoms with Crippen molar-refractivity contribution in [2.75, 3.05) is 40.3 Å². The van der Waals surface area contributed by atoms with Crippen molar-refractivity contribution in [1.82, 2.24) is 9.80 Å². The molecule has 3 aliphatic rings. The average molecular weight is 665 g/mol. The first kappa shape index (κ1) is 39.2. The third-order valence-corrected chi connectivity index (χ3v) is 10.0. The number of nitrogens with zero attached hydrogens (tertiary/aromatic N) is 2. The number of carbonyl (C=O) groups is 2. The third-order valence-electron chi connectivity index (χ3n) is 10.0. The van der Waals surface area contributed by atoms with Crippen LogP contribution in [-0.2, 0) is 23.7 Å². The van der Waals surface area contributed by atoms with Crippen molar-refractivity contribution in [2.24, 2.45) is 11.8 Å². The molecule has 0 spiro atoms. The number of epoxide rings is 1. The van der Waals surface area contributed by atoms with Crippen LogP contribution in [0.15, 0.2) is 36.0 Å². The van der Waals surface area contributed by atoms with Gasteiger partial charge in [0.2, 0.25) is 0 Å². The number of aliphatic hydroxyl groups is 3. The number of aliphatic hydroxyl groups excluding tert-OH is 2. The van der Waals surface area contributed by atoms with E-state index in [1.165, 1.54) is 0 Å². The molecule has 3 N–H and O–H groups in total. The third kappa shape index (κ3) is 11.7. The van der Waals surface area contributed by atoms with E-state index in [1.54, 1.807) is 43.2 Å². The molecule has 0 aromatic rings. The summed E-state index contributed by atoms with van der Waals surface area (Å²) in [5.41, 5.74) is -1.34. The first-order chi connectivity index (χ1) is 22.1. The number of ether oxygens (including phenoxy) is 4. The average Bonchev–Trinajstić information content (AvgIpc) is 3.81. The molecule has 0 aliphatic carbocycles. The fraction of sp³-hybridized carbons (Fsp3) is 0.778. The molecule has 0 aromatic carbocycles. The van der Waals surface area contributed by atoms with Crippen molar-refractivity contribution in [3.8, 4) is 0 Å². The summed E-state index contributed by atoms with van der Waals surface area (Å²) in [4.78, 5) is 30.2. The van der Waals surface area contributed by atoms with E-state index >= 15 is 0 Å². The van der Waals surface area contributed by atoms with E-state index in [0.29, 0.717) is 32.4 Å². The zero-order valence-corrected chi connectivity index (χ0v) is 29.8. The second-order valence-corrected chi connectivity index (χ2v) is 14.3. The lowest BCUT2D eigenvalue weighted by molar-refractivity contribution is -0.151. The Bertz CT molecular complexity index is 1120. The van der Waals surface area contributed by atoms with Gasteiger partial charge >= 0.3 is 12.1 Å². The van der Waals surface area contributed by atoms with Gasteiger partial charge in [-0.3, -0.25) is 4.79 Å². The minimum atomic E-state index is -1.14. The molecule has 1 amide bonds. The number of carbonyl (C=O) groups excluding carboxylic acids is 2. The summed E-state index contributed by atoms with van der Waals surface area (Å²) in [5, 5.41) is 31.9. The summed E-state index contributed by atoms with van der Waals surface area (Å²) in [6, 6.07) is 0. The van der Waals surface area contributed by atoms with Crippen molar-refractivity contribution in [3.05, 3.63) is 36.0 Å². The molecule has 3 rings (SSSR count). The molecule has 47 heavy (non-hydrogen) atoms. The van der Waals surface area contributed by atoms with Gasteiger partial charge in [-0.15, -0.1) is 0 Å². The molecular weight excluding hydrogens is 604 g/mol. The van der Waals surface area contributed by atoms with Crippen LogP contribution >= 0.6 is 0 Å². The van der Waals surface area contributed by atoms with E-state index in [9.17, 15) is 24.9 Å². The van der Waals surface area contributed by atoms with Crippen LogP contribution in [0.2, 0.25) is 0 Å². The number of rotatable bonds is 10. The second kappa shape index (κ2) is 17.4. The van der Waals surface area contributed by atoms with Crippen LogP contribution in [0.4, 0.5) is 4.79 Å². The van der Waals surface area contributed by atoms with Crippen molar-refractivity contribution >= 4 is 12.1 Å². The highest BCUT2D eigenvalue weighted by atomic mass is 16.6. The summed E-state index contributed by atoms with van der Waals surface area (Å²) in [5.74, 6) is -0.834. The van der Waals surface area contributed by atoms with Crippen molar-refractivity contribution in [1.29, 1.82) is 0 Å². The van der Waals surface area contributed by atoms with Gasteiger partial charge in [0.15, 0.2) is 6.10 Å². The van der Waals surface area contributed by atoms with Crippen molar-refractivity contribution < 1.29 is 43.9 Å². The van der Waals surface area contributed by atoms with Gasteiger partial charge in [0.05, 0.1) is 36.4 Å². The van der Waals surface area contributed by atoms with Crippen LogP contribution < -0.4 is 0 Å². The lowest BCUT2D eigenvalue weighted by Crippen LogP contribution is -2.47. The van der Waals surface area contributed by atoms with E-state index in [0.717, 1.165) is 25.1 Å². The topological polar surface area (TPSA) is 142 Å². The Labute approximate surface area is 281 Å². The SMILES string of the molecule is CCC(O)C(C)C1OC1CC(C)(O)/C=C/C=C(\C)C1OC(=O)CC(O)CCC(C)(OC)C(OC(=O)N2CCCN(C)CC2)/C=C\C1C.